The van der Waals surface area contributed by atoms with Crippen molar-refractivity contribution < 1.29 is 14.3 Å². The fourth-order valence-corrected chi connectivity index (χ4v) is 3.53. The highest BCUT2D eigenvalue weighted by atomic mass is 16.5. The first-order valence-corrected chi connectivity index (χ1v) is 11.8. The summed E-state index contributed by atoms with van der Waals surface area (Å²) in [5.41, 5.74) is 3.46. The maximum absolute atomic E-state index is 13.3. The van der Waals surface area contributed by atoms with Gasteiger partial charge in [0.2, 0.25) is 11.8 Å². The average molecular weight is 453 g/mol. The van der Waals surface area contributed by atoms with Gasteiger partial charge in [-0.15, -0.1) is 0 Å². The number of ether oxygens (including phenoxy) is 1. The molecule has 0 bridgehead atoms. The van der Waals surface area contributed by atoms with Crippen LogP contribution in [0.3, 0.4) is 0 Å². The van der Waals surface area contributed by atoms with Gasteiger partial charge in [0.05, 0.1) is 7.11 Å². The third-order valence-corrected chi connectivity index (χ3v) is 5.81. The Hall–Kier alpha value is -2.82. The molecular weight excluding hydrogens is 412 g/mol. The maximum Gasteiger partial charge on any atom is 0.242 e. The maximum atomic E-state index is 13.3. The van der Waals surface area contributed by atoms with Crippen molar-refractivity contribution in [3.05, 3.63) is 65.2 Å². The van der Waals surface area contributed by atoms with Gasteiger partial charge in [-0.2, -0.15) is 0 Å². The number of amides is 2. The van der Waals surface area contributed by atoms with Crippen LogP contribution in [0.5, 0.6) is 5.75 Å². The van der Waals surface area contributed by atoms with Crippen molar-refractivity contribution in [3.63, 3.8) is 0 Å². The molecule has 0 heterocycles. The van der Waals surface area contributed by atoms with Gasteiger partial charge in [-0.1, -0.05) is 71.0 Å². The summed E-state index contributed by atoms with van der Waals surface area (Å²) in [6, 6.07) is 15.5. The molecule has 0 fully saturated rings. The zero-order valence-corrected chi connectivity index (χ0v) is 21.3. The molecule has 33 heavy (non-hydrogen) atoms. The first kappa shape index (κ1) is 26.4. The molecule has 180 valence electrons. The molecule has 0 aliphatic carbocycles. The molecule has 0 saturated heterocycles. The van der Waals surface area contributed by atoms with Gasteiger partial charge >= 0.3 is 0 Å². The van der Waals surface area contributed by atoms with Crippen molar-refractivity contribution in [2.45, 2.75) is 72.4 Å². The van der Waals surface area contributed by atoms with Crippen LogP contribution in [-0.2, 0) is 28.0 Å². The van der Waals surface area contributed by atoms with Crippen LogP contribution in [0.4, 0.5) is 0 Å². The minimum Gasteiger partial charge on any atom is -0.497 e. The topological polar surface area (TPSA) is 58.6 Å². The number of carbonyl (C=O) groups is 2. The van der Waals surface area contributed by atoms with Crippen molar-refractivity contribution in [2.75, 3.05) is 13.7 Å². The summed E-state index contributed by atoms with van der Waals surface area (Å²) < 4.78 is 5.23. The molecule has 2 aromatic carbocycles. The lowest BCUT2D eigenvalue weighted by Gasteiger charge is -2.29. The fraction of sp³-hybridized carbons (Fsp3) is 0.500. The number of nitrogens with zero attached hydrogens (tertiary/aromatic N) is 1. The van der Waals surface area contributed by atoms with E-state index in [-0.39, 0.29) is 17.2 Å². The Bertz CT molecular complexity index is 896. The molecule has 0 spiro atoms. The number of methoxy groups -OCH3 is 1. The van der Waals surface area contributed by atoms with E-state index in [1.165, 1.54) is 5.56 Å². The molecule has 5 nitrogen and oxygen atoms in total. The van der Waals surface area contributed by atoms with Crippen LogP contribution in [0, 0.1) is 5.92 Å². The molecule has 0 aromatic heterocycles. The average Bonchev–Trinajstić information content (AvgIpc) is 2.79. The third-order valence-electron chi connectivity index (χ3n) is 5.81. The highest BCUT2D eigenvalue weighted by molar-refractivity contribution is 5.87. The second-order valence-electron chi connectivity index (χ2n) is 10.1. The van der Waals surface area contributed by atoms with Crippen LogP contribution >= 0.6 is 0 Å². The summed E-state index contributed by atoms with van der Waals surface area (Å²) in [5.74, 6) is 0.957. The second kappa shape index (κ2) is 11.9. The van der Waals surface area contributed by atoms with E-state index in [0.717, 1.165) is 16.9 Å². The Morgan fingerprint density at radius 2 is 1.52 bits per heavy atom. The Kier molecular flexibility index (Phi) is 9.51. The standard InChI is InChI=1S/C28H40N2O3/c1-20(2)18-29-27(32)21(3)30(19-23-10-15-25(33-7)16-11-23)26(31)17-12-22-8-13-24(14-9-22)28(4,5)6/h8-11,13-16,20-21H,12,17-19H2,1-7H3,(H,29,32)/t21-/m1/s1. The number of nitrogens with one attached hydrogen (secondary N) is 1. The number of hydrogen-bond acceptors (Lipinski definition) is 3. The van der Waals surface area contributed by atoms with Crippen LogP contribution in [0.15, 0.2) is 48.5 Å². The van der Waals surface area contributed by atoms with Gasteiger partial charge in [0.15, 0.2) is 0 Å². The lowest BCUT2D eigenvalue weighted by molar-refractivity contribution is -0.140. The van der Waals surface area contributed by atoms with Crippen LogP contribution in [0.2, 0.25) is 0 Å². The summed E-state index contributed by atoms with van der Waals surface area (Å²) in [6.07, 6.45) is 0.996. The third kappa shape index (κ3) is 8.23. The largest absolute Gasteiger partial charge is 0.497 e. The smallest absolute Gasteiger partial charge is 0.242 e. The molecule has 0 aliphatic heterocycles. The van der Waals surface area contributed by atoms with Gasteiger partial charge in [-0.3, -0.25) is 9.59 Å². The van der Waals surface area contributed by atoms with Crippen molar-refractivity contribution >= 4 is 11.8 Å². The van der Waals surface area contributed by atoms with Crippen molar-refractivity contribution in [1.29, 1.82) is 0 Å². The molecule has 0 radical (unpaired) electrons. The fourth-order valence-electron chi connectivity index (χ4n) is 3.53. The summed E-state index contributed by atoms with van der Waals surface area (Å²) in [5, 5.41) is 2.96. The van der Waals surface area contributed by atoms with Crippen molar-refractivity contribution in [2.24, 2.45) is 5.92 Å². The van der Waals surface area contributed by atoms with Crippen LogP contribution in [0.25, 0.3) is 0 Å². The van der Waals surface area contributed by atoms with Gasteiger partial charge in [-0.05, 0) is 53.5 Å². The SMILES string of the molecule is COc1ccc(CN(C(=O)CCc2ccc(C(C)(C)C)cc2)[C@H](C)C(=O)NCC(C)C)cc1. The van der Waals surface area contributed by atoms with Crippen LogP contribution < -0.4 is 10.1 Å². The predicted molar refractivity (Wildman–Crippen MR) is 134 cm³/mol. The highest BCUT2D eigenvalue weighted by Gasteiger charge is 2.26. The summed E-state index contributed by atoms with van der Waals surface area (Å²) in [6.45, 7) is 13.4. The second-order valence-corrected chi connectivity index (χ2v) is 10.1. The molecule has 0 saturated carbocycles. The van der Waals surface area contributed by atoms with E-state index in [0.29, 0.717) is 31.8 Å². The monoisotopic (exact) mass is 452 g/mol. The van der Waals surface area contributed by atoms with Gasteiger partial charge in [0.1, 0.15) is 11.8 Å². The molecule has 2 aromatic rings. The first-order valence-electron chi connectivity index (χ1n) is 11.8. The lowest BCUT2D eigenvalue weighted by atomic mass is 9.86. The highest BCUT2D eigenvalue weighted by Crippen LogP contribution is 2.23. The lowest BCUT2D eigenvalue weighted by Crippen LogP contribution is -2.48. The van der Waals surface area contributed by atoms with Crippen LogP contribution in [0.1, 0.15) is 64.7 Å². The quantitative estimate of drug-likeness (QED) is 0.545. The summed E-state index contributed by atoms with van der Waals surface area (Å²) >= 11 is 0. The Labute approximate surface area is 199 Å². The summed E-state index contributed by atoms with van der Waals surface area (Å²) in [4.78, 5) is 27.7. The number of aryl methyl sites for hydroxylation is 1. The molecule has 5 heteroatoms. The first-order chi connectivity index (χ1) is 15.5. The predicted octanol–water partition coefficient (Wildman–Crippen LogP) is 5.11. The zero-order valence-electron chi connectivity index (χ0n) is 21.3. The van der Waals surface area contributed by atoms with Crippen molar-refractivity contribution in [3.8, 4) is 5.75 Å². The van der Waals surface area contributed by atoms with E-state index in [2.05, 4.69) is 64.2 Å². The number of carbonyl (C=O) groups excluding carboxylic acids is 2. The van der Waals surface area contributed by atoms with Gasteiger partial charge in [-0.25, -0.2) is 0 Å². The van der Waals surface area contributed by atoms with E-state index in [1.807, 2.05) is 24.3 Å². The molecule has 2 amide bonds. The van der Waals surface area contributed by atoms with Gasteiger partial charge in [0.25, 0.3) is 0 Å². The van der Waals surface area contributed by atoms with Crippen molar-refractivity contribution in [1.82, 2.24) is 10.2 Å². The summed E-state index contributed by atoms with van der Waals surface area (Å²) in [7, 11) is 1.63. The van der Waals surface area contributed by atoms with E-state index in [4.69, 9.17) is 4.74 Å². The number of rotatable bonds is 10. The Morgan fingerprint density at radius 3 is 2.03 bits per heavy atom. The zero-order chi connectivity index (χ0) is 24.6. The molecule has 0 aliphatic rings. The molecule has 1 N–H and O–H groups in total. The minimum absolute atomic E-state index is 0.0297. The van der Waals surface area contributed by atoms with E-state index in [1.54, 1.807) is 18.9 Å². The molecule has 2 rings (SSSR count). The molecule has 0 unspecified atom stereocenters. The Morgan fingerprint density at radius 1 is 0.939 bits per heavy atom. The van der Waals surface area contributed by atoms with E-state index in [9.17, 15) is 9.59 Å². The molecular formula is C28H40N2O3. The van der Waals surface area contributed by atoms with Crippen LogP contribution in [-0.4, -0.2) is 36.4 Å². The Balaban J connectivity index is 2.12. The van der Waals surface area contributed by atoms with E-state index < -0.39 is 6.04 Å². The molecule has 1 atom stereocenters. The number of benzene rings is 2. The van der Waals surface area contributed by atoms with Gasteiger partial charge in [0, 0.05) is 19.5 Å². The van der Waals surface area contributed by atoms with Gasteiger partial charge < -0.3 is 15.0 Å². The normalized spacial score (nSPS) is 12.4. The minimum atomic E-state index is -0.554. The number of hydrogen-bond donors (Lipinski definition) is 1. The van der Waals surface area contributed by atoms with E-state index >= 15 is 0 Å².